The molecule has 0 amide bonds. The molecule has 8 N–H and O–H groups in total. The number of hydrogen-bond acceptors (Lipinski definition) is 10. The number of anilines is 4. The summed E-state index contributed by atoms with van der Waals surface area (Å²) in [6.07, 6.45) is 6.23. The second-order valence-corrected chi connectivity index (χ2v) is 5.18. The summed E-state index contributed by atoms with van der Waals surface area (Å²) in [5.74, 6) is 0.663. The van der Waals surface area contributed by atoms with Crippen LogP contribution in [0.5, 0.6) is 0 Å². The lowest BCUT2D eigenvalue weighted by Gasteiger charge is -2.00. The van der Waals surface area contributed by atoms with Crippen LogP contribution in [0.15, 0.2) is 46.6 Å². The number of rotatable bonds is 4. The highest BCUT2D eigenvalue weighted by Crippen LogP contribution is 2.19. The third kappa shape index (κ3) is 4.06. The minimum absolute atomic E-state index is 0.109. The molecule has 26 heavy (non-hydrogen) atoms. The van der Waals surface area contributed by atoms with Crippen molar-refractivity contribution in [1.82, 2.24) is 19.9 Å². The molecule has 1 aromatic carbocycles. The van der Waals surface area contributed by atoms with Gasteiger partial charge in [-0.1, -0.05) is 24.3 Å². The first-order chi connectivity index (χ1) is 12.5. The molecule has 0 bridgehead atoms. The van der Waals surface area contributed by atoms with E-state index in [0.717, 1.165) is 11.1 Å². The molecule has 0 radical (unpaired) electrons. The first-order valence-corrected chi connectivity index (χ1v) is 7.45. The molecule has 0 saturated carbocycles. The predicted octanol–water partition coefficient (Wildman–Crippen LogP) is 1.10. The molecule has 0 aliphatic rings. The zero-order valence-electron chi connectivity index (χ0n) is 13.6. The molecule has 2 aromatic heterocycles. The number of benzene rings is 1. The summed E-state index contributed by atoms with van der Waals surface area (Å²) in [6, 6.07) is 7.51. The molecule has 0 aliphatic heterocycles. The van der Waals surface area contributed by atoms with Gasteiger partial charge in [-0.25, -0.2) is 9.97 Å². The van der Waals surface area contributed by atoms with Crippen LogP contribution in [0, 0.1) is 0 Å². The Kier molecular flexibility index (Phi) is 4.65. The lowest BCUT2D eigenvalue weighted by atomic mass is 10.1. The summed E-state index contributed by atoms with van der Waals surface area (Å²) in [7, 11) is 0. The average molecular weight is 348 g/mol. The van der Waals surface area contributed by atoms with Gasteiger partial charge in [0.15, 0.2) is 11.6 Å². The number of nitrogens with zero attached hydrogens (tertiary/aromatic N) is 6. The molecule has 2 heterocycles. The normalized spacial score (nSPS) is 11.4. The molecule has 0 aliphatic carbocycles. The van der Waals surface area contributed by atoms with Gasteiger partial charge in [0.2, 0.25) is 11.9 Å². The molecule has 0 atom stereocenters. The fourth-order valence-corrected chi connectivity index (χ4v) is 1.96. The lowest BCUT2D eigenvalue weighted by molar-refractivity contribution is 1.18. The van der Waals surface area contributed by atoms with Gasteiger partial charge >= 0.3 is 0 Å². The smallest absolute Gasteiger partial charge is 0.222 e. The van der Waals surface area contributed by atoms with Gasteiger partial charge in [-0.05, 0) is 11.1 Å². The first kappa shape index (κ1) is 16.8. The first-order valence-electron chi connectivity index (χ1n) is 7.45. The zero-order valence-corrected chi connectivity index (χ0v) is 13.6. The predicted molar refractivity (Wildman–Crippen MR) is 103 cm³/mol. The Bertz CT molecular complexity index is 898. The Morgan fingerprint density at radius 1 is 0.654 bits per heavy atom. The molecule has 0 unspecified atom stereocenters. The van der Waals surface area contributed by atoms with Crippen molar-refractivity contribution in [1.29, 1.82) is 0 Å². The fraction of sp³-hybridized carbons (Fsp3) is 0. The van der Waals surface area contributed by atoms with Crippen LogP contribution >= 0.6 is 0 Å². The van der Waals surface area contributed by atoms with E-state index in [0.29, 0.717) is 11.4 Å². The molecular weight excluding hydrogens is 332 g/mol. The van der Waals surface area contributed by atoms with E-state index in [1.165, 1.54) is 12.4 Å². The lowest BCUT2D eigenvalue weighted by Crippen LogP contribution is -1.98. The number of hydrogen-bond donors (Lipinski definition) is 4. The zero-order chi connectivity index (χ0) is 18.5. The van der Waals surface area contributed by atoms with Crippen LogP contribution < -0.4 is 22.9 Å². The number of nitrogen functional groups attached to an aromatic ring is 4. The molecule has 0 saturated heterocycles. The minimum Gasteiger partial charge on any atom is -0.382 e. The van der Waals surface area contributed by atoms with E-state index in [1.807, 2.05) is 24.3 Å². The van der Waals surface area contributed by atoms with E-state index in [1.54, 1.807) is 12.4 Å². The standard InChI is InChI=1S/C16H16N10/c17-13-11(7-23-15(19)25-13)21-5-9-1-2-10(4-3-9)6-22-12-8-24-16(20)26-14(12)18/h1-8H,(H4,17,19,23,25)(H4,18,20,24,26). The highest BCUT2D eigenvalue weighted by atomic mass is 15.1. The van der Waals surface area contributed by atoms with Crippen molar-refractivity contribution < 1.29 is 0 Å². The SMILES string of the molecule is Nc1ncc(N=Cc2ccc(C=Nc3cnc(N)nc3N)cc2)c(N)n1. The molecule has 0 fully saturated rings. The second-order valence-electron chi connectivity index (χ2n) is 5.18. The Morgan fingerprint density at radius 3 is 1.38 bits per heavy atom. The molecule has 10 heteroatoms. The van der Waals surface area contributed by atoms with Crippen molar-refractivity contribution in [2.24, 2.45) is 9.98 Å². The summed E-state index contributed by atoms with van der Waals surface area (Å²) in [5, 5.41) is 0. The van der Waals surface area contributed by atoms with Gasteiger partial charge in [-0.2, -0.15) is 9.97 Å². The molecule has 130 valence electrons. The summed E-state index contributed by atoms with van der Waals surface area (Å²) < 4.78 is 0. The number of aliphatic imine (C=N–C) groups is 2. The van der Waals surface area contributed by atoms with Crippen molar-refractivity contribution in [2.75, 3.05) is 22.9 Å². The second kappa shape index (κ2) is 7.21. The van der Waals surface area contributed by atoms with Gasteiger partial charge in [0.05, 0.1) is 12.4 Å². The molecular formula is C16H16N10. The highest BCUT2D eigenvalue weighted by molar-refractivity contribution is 5.87. The largest absolute Gasteiger partial charge is 0.382 e. The van der Waals surface area contributed by atoms with E-state index < -0.39 is 0 Å². The topological polar surface area (TPSA) is 180 Å². The summed E-state index contributed by atoms with van der Waals surface area (Å²) in [4.78, 5) is 23.9. The number of nitrogens with two attached hydrogens (primary N) is 4. The van der Waals surface area contributed by atoms with Gasteiger partial charge in [0.25, 0.3) is 0 Å². The average Bonchev–Trinajstić information content (AvgIpc) is 2.61. The van der Waals surface area contributed by atoms with Crippen LogP contribution in [-0.2, 0) is 0 Å². The summed E-state index contributed by atoms with van der Waals surface area (Å²) >= 11 is 0. The third-order valence-electron chi connectivity index (χ3n) is 3.27. The Hall–Kier alpha value is -4.08. The van der Waals surface area contributed by atoms with Crippen LogP contribution in [0.1, 0.15) is 11.1 Å². The van der Waals surface area contributed by atoms with Crippen LogP contribution in [0.2, 0.25) is 0 Å². The maximum atomic E-state index is 5.74. The quantitative estimate of drug-likeness (QED) is 0.505. The summed E-state index contributed by atoms with van der Waals surface area (Å²) in [6.45, 7) is 0. The van der Waals surface area contributed by atoms with Crippen molar-refractivity contribution >= 4 is 47.3 Å². The highest BCUT2D eigenvalue weighted by Gasteiger charge is 2.01. The van der Waals surface area contributed by atoms with Gasteiger partial charge in [-0.3, -0.25) is 9.98 Å². The molecule has 10 nitrogen and oxygen atoms in total. The maximum absolute atomic E-state index is 5.74. The molecule has 3 aromatic rings. The maximum Gasteiger partial charge on any atom is 0.222 e. The molecule has 0 spiro atoms. The van der Waals surface area contributed by atoms with E-state index in [9.17, 15) is 0 Å². The number of aromatic nitrogens is 4. The van der Waals surface area contributed by atoms with E-state index in [-0.39, 0.29) is 23.5 Å². The third-order valence-corrected chi connectivity index (χ3v) is 3.27. The summed E-state index contributed by atoms with van der Waals surface area (Å²) in [5.41, 5.74) is 25.0. The van der Waals surface area contributed by atoms with Crippen LogP contribution in [-0.4, -0.2) is 32.4 Å². The van der Waals surface area contributed by atoms with Crippen LogP contribution in [0.3, 0.4) is 0 Å². The van der Waals surface area contributed by atoms with Crippen LogP contribution in [0.4, 0.5) is 34.9 Å². The molecule has 3 rings (SSSR count). The Balaban J connectivity index is 1.72. The Morgan fingerprint density at radius 2 is 1.04 bits per heavy atom. The Labute approximate surface area is 148 Å². The van der Waals surface area contributed by atoms with Crippen molar-refractivity contribution in [2.45, 2.75) is 0 Å². The monoisotopic (exact) mass is 348 g/mol. The van der Waals surface area contributed by atoms with Gasteiger partial charge < -0.3 is 22.9 Å². The van der Waals surface area contributed by atoms with E-state index in [2.05, 4.69) is 29.9 Å². The van der Waals surface area contributed by atoms with Crippen molar-refractivity contribution in [3.05, 3.63) is 47.8 Å². The van der Waals surface area contributed by atoms with E-state index in [4.69, 9.17) is 22.9 Å². The fourth-order valence-electron chi connectivity index (χ4n) is 1.96. The van der Waals surface area contributed by atoms with Gasteiger partial charge in [0.1, 0.15) is 11.4 Å². The minimum atomic E-state index is 0.109. The van der Waals surface area contributed by atoms with E-state index >= 15 is 0 Å². The van der Waals surface area contributed by atoms with Crippen LogP contribution in [0.25, 0.3) is 0 Å². The van der Waals surface area contributed by atoms with Crippen molar-refractivity contribution in [3.63, 3.8) is 0 Å². The van der Waals surface area contributed by atoms with Gasteiger partial charge in [0, 0.05) is 12.4 Å². The van der Waals surface area contributed by atoms with Gasteiger partial charge in [-0.15, -0.1) is 0 Å². The van der Waals surface area contributed by atoms with Crippen molar-refractivity contribution in [3.8, 4) is 0 Å².